The summed E-state index contributed by atoms with van der Waals surface area (Å²) in [5, 5.41) is 12.3. The van der Waals surface area contributed by atoms with Crippen molar-refractivity contribution >= 4 is 35.4 Å². The van der Waals surface area contributed by atoms with Gasteiger partial charge in [-0.2, -0.15) is 0 Å². The van der Waals surface area contributed by atoms with E-state index < -0.39 is 35.3 Å². The molecule has 0 spiro atoms. The Labute approximate surface area is 327 Å². The summed E-state index contributed by atoms with van der Waals surface area (Å²) in [5.74, 6) is -0.411. The molecule has 4 heterocycles. The van der Waals surface area contributed by atoms with Crippen LogP contribution >= 0.6 is 0 Å². The lowest BCUT2D eigenvalue weighted by Gasteiger charge is -2.41. The van der Waals surface area contributed by atoms with E-state index in [1.165, 1.54) is 9.80 Å². The lowest BCUT2D eigenvalue weighted by Crippen LogP contribution is -2.61. The largest absolute Gasteiger partial charge is 0.444 e. The summed E-state index contributed by atoms with van der Waals surface area (Å²) in [6, 6.07) is 14.2. The van der Waals surface area contributed by atoms with Crippen molar-refractivity contribution in [2.45, 2.75) is 77.9 Å². The standard InChI is InChI=1S/C25H35N5O5.C15H19N5O/c1-24(2,3)34-22(32)29-12-13-30(23(33)35-25(4,5)6)20(16-29)21(31)27-19-9-7-8-18(14-19)15-28-11-10-26-17-28;21-15(14-9-16-4-5-18-14)19-13-3-1-2-12(8-13)10-20-7-6-17-11-20/h7-11,14,17,20H,12-13,15-16H2,1-6H3,(H,27,31);1-3,6-8,11,14,16,18H,4-5,9-10H2,(H,19,21)/t20-;14-/m00/s1. The third-order valence-electron chi connectivity index (χ3n) is 8.56. The normalized spacial score (nSPS) is 17.2. The Balaban J connectivity index is 0.000000242. The Kier molecular flexibility index (Phi) is 13.9. The van der Waals surface area contributed by atoms with Crippen LogP contribution in [0, 0.1) is 0 Å². The van der Waals surface area contributed by atoms with E-state index in [-0.39, 0.29) is 31.6 Å². The van der Waals surface area contributed by atoms with E-state index in [1.807, 2.05) is 64.0 Å². The zero-order valence-corrected chi connectivity index (χ0v) is 33.0. The summed E-state index contributed by atoms with van der Waals surface area (Å²) in [7, 11) is 0. The molecule has 2 aliphatic rings. The van der Waals surface area contributed by atoms with Gasteiger partial charge in [-0.25, -0.2) is 19.6 Å². The van der Waals surface area contributed by atoms with E-state index in [4.69, 9.17) is 9.47 Å². The van der Waals surface area contributed by atoms with Crippen molar-refractivity contribution in [3.8, 4) is 0 Å². The minimum Gasteiger partial charge on any atom is -0.444 e. The molecule has 0 unspecified atom stereocenters. The molecule has 2 fully saturated rings. The molecule has 2 saturated heterocycles. The fourth-order valence-electron chi connectivity index (χ4n) is 6.01. The Morgan fingerprint density at radius 3 is 1.80 bits per heavy atom. The highest BCUT2D eigenvalue weighted by molar-refractivity contribution is 5.97. The van der Waals surface area contributed by atoms with Crippen LogP contribution in [0.2, 0.25) is 0 Å². The Morgan fingerprint density at radius 1 is 0.750 bits per heavy atom. The van der Waals surface area contributed by atoms with Crippen LogP contribution in [0.15, 0.2) is 86.0 Å². The van der Waals surface area contributed by atoms with Gasteiger partial charge < -0.3 is 44.8 Å². The number of hydrogen-bond acceptors (Lipinski definition) is 10. The number of nitrogens with one attached hydrogen (secondary N) is 4. The maximum absolute atomic E-state index is 13.4. The van der Waals surface area contributed by atoms with Gasteiger partial charge in [-0.05, 0) is 76.9 Å². The van der Waals surface area contributed by atoms with E-state index >= 15 is 0 Å². The van der Waals surface area contributed by atoms with Gasteiger partial charge in [-0.15, -0.1) is 0 Å². The van der Waals surface area contributed by atoms with Gasteiger partial charge in [0.05, 0.1) is 25.2 Å². The first-order chi connectivity index (χ1) is 26.6. The average Bonchev–Trinajstić information content (AvgIpc) is 3.86. The topological polar surface area (TPSA) is 177 Å². The summed E-state index contributed by atoms with van der Waals surface area (Å²) in [5.41, 5.74) is 2.12. The minimum atomic E-state index is -0.941. The molecule has 16 heteroatoms. The average molecular weight is 771 g/mol. The molecule has 2 aromatic heterocycles. The highest BCUT2D eigenvalue weighted by Crippen LogP contribution is 2.21. The van der Waals surface area contributed by atoms with Crippen molar-refractivity contribution in [2.75, 3.05) is 49.9 Å². The molecule has 2 aromatic carbocycles. The fraction of sp³-hybridized carbons (Fsp3) is 0.450. The number of rotatable bonds is 8. The minimum absolute atomic E-state index is 0.00183. The van der Waals surface area contributed by atoms with Gasteiger partial charge in [0.1, 0.15) is 17.2 Å². The lowest BCUT2D eigenvalue weighted by molar-refractivity contribution is -0.123. The highest BCUT2D eigenvalue weighted by Gasteiger charge is 2.40. The predicted octanol–water partition coefficient (Wildman–Crippen LogP) is 4.16. The van der Waals surface area contributed by atoms with Crippen LogP contribution in [0.25, 0.3) is 0 Å². The molecule has 4 aromatic rings. The third-order valence-corrected chi connectivity index (χ3v) is 8.56. The maximum atomic E-state index is 13.4. The molecule has 0 bridgehead atoms. The maximum Gasteiger partial charge on any atom is 0.411 e. The van der Waals surface area contributed by atoms with Crippen LogP contribution in [0.5, 0.6) is 0 Å². The van der Waals surface area contributed by atoms with Crippen LogP contribution in [-0.2, 0) is 32.2 Å². The van der Waals surface area contributed by atoms with E-state index in [9.17, 15) is 19.2 Å². The summed E-state index contributed by atoms with van der Waals surface area (Å²) >= 11 is 0. The Bertz CT molecular complexity index is 1900. The van der Waals surface area contributed by atoms with Crippen molar-refractivity contribution in [2.24, 2.45) is 0 Å². The number of anilines is 2. The first kappa shape index (κ1) is 41.4. The molecular formula is C40H54N10O6. The summed E-state index contributed by atoms with van der Waals surface area (Å²) in [6.07, 6.45) is 9.61. The smallest absolute Gasteiger partial charge is 0.411 e. The summed E-state index contributed by atoms with van der Waals surface area (Å²) in [6.45, 7) is 14.8. The third kappa shape index (κ3) is 12.9. The second-order valence-corrected chi connectivity index (χ2v) is 15.7. The van der Waals surface area contributed by atoms with Crippen LogP contribution < -0.4 is 21.3 Å². The first-order valence-corrected chi connectivity index (χ1v) is 18.7. The van der Waals surface area contributed by atoms with E-state index in [0.717, 1.165) is 36.4 Å². The molecular weight excluding hydrogens is 717 g/mol. The summed E-state index contributed by atoms with van der Waals surface area (Å²) in [4.78, 5) is 62.0. The molecule has 2 aliphatic heterocycles. The van der Waals surface area contributed by atoms with Crippen molar-refractivity contribution in [1.82, 2.24) is 39.5 Å². The van der Waals surface area contributed by atoms with Crippen LogP contribution in [0.3, 0.4) is 0 Å². The second-order valence-electron chi connectivity index (χ2n) is 15.7. The van der Waals surface area contributed by atoms with Gasteiger partial charge in [0.15, 0.2) is 0 Å². The van der Waals surface area contributed by atoms with Crippen LogP contribution in [0.4, 0.5) is 21.0 Å². The first-order valence-electron chi connectivity index (χ1n) is 18.7. The van der Waals surface area contributed by atoms with Crippen LogP contribution in [0.1, 0.15) is 52.7 Å². The number of carbonyl (C=O) groups excluding carboxylic acids is 4. The van der Waals surface area contributed by atoms with E-state index in [1.54, 1.807) is 72.7 Å². The van der Waals surface area contributed by atoms with Crippen molar-refractivity contribution in [3.63, 3.8) is 0 Å². The van der Waals surface area contributed by atoms with Gasteiger partial charge >= 0.3 is 12.2 Å². The molecule has 2 atom stereocenters. The molecule has 4 N–H and O–H groups in total. The number of carbonyl (C=O) groups is 4. The van der Waals surface area contributed by atoms with Crippen LogP contribution in [-0.4, -0.2) is 115 Å². The number of hydrogen-bond donors (Lipinski definition) is 4. The number of aromatic nitrogens is 4. The molecule has 300 valence electrons. The Morgan fingerprint density at radius 2 is 1.30 bits per heavy atom. The lowest BCUT2D eigenvalue weighted by atomic mass is 10.1. The number of ether oxygens (including phenoxy) is 2. The van der Waals surface area contributed by atoms with Gasteiger partial charge in [0, 0.05) is 82.0 Å². The molecule has 4 amide bonds. The zero-order chi connectivity index (χ0) is 40.3. The molecule has 0 saturated carbocycles. The SMILES string of the molecule is CC(C)(C)OC(=O)N1CCN(C(=O)OC(C)(C)C)[C@H](C(=O)Nc2cccc(Cn3ccnc3)c2)C1.O=C(Nc1cccc(Cn2ccnc2)c1)[C@@H]1CNCCN1. The van der Waals surface area contributed by atoms with E-state index in [2.05, 4.69) is 31.2 Å². The predicted molar refractivity (Wildman–Crippen MR) is 212 cm³/mol. The Hall–Kier alpha value is -5.74. The number of nitrogens with zero attached hydrogens (tertiary/aromatic N) is 6. The second kappa shape index (κ2) is 18.7. The van der Waals surface area contributed by atoms with Gasteiger partial charge in [0.2, 0.25) is 11.8 Å². The van der Waals surface area contributed by atoms with Gasteiger partial charge in [-0.3, -0.25) is 14.5 Å². The van der Waals surface area contributed by atoms with Crippen molar-refractivity contribution in [1.29, 1.82) is 0 Å². The quantitative estimate of drug-likeness (QED) is 0.204. The number of benzene rings is 2. The molecule has 6 rings (SSSR count). The molecule has 16 nitrogen and oxygen atoms in total. The van der Waals surface area contributed by atoms with E-state index in [0.29, 0.717) is 18.8 Å². The highest BCUT2D eigenvalue weighted by atomic mass is 16.6. The summed E-state index contributed by atoms with van der Waals surface area (Å²) < 4.78 is 14.9. The molecule has 0 radical (unpaired) electrons. The fourth-order valence-corrected chi connectivity index (χ4v) is 6.01. The van der Waals surface area contributed by atoms with Gasteiger partial charge in [0.25, 0.3) is 0 Å². The number of piperazine rings is 2. The number of imidazole rings is 2. The van der Waals surface area contributed by atoms with Crippen molar-refractivity contribution in [3.05, 3.63) is 97.1 Å². The van der Waals surface area contributed by atoms with Crippen molar-refractivity contribution < 1.29 is 28.7 Å². The van der Waals surface area contributed by atoms with Gasteiger partial charge in [-0.1, -0.05) is 24.3 Å². The molecule has 56 heavy (non-hydrogen) atoms. The zero-order valence-electron chi connectivity index (χ0n) is 33.0. The number of amides is 4. The monoisotopic (exact) mass is 770 g/mol. The molecule has 0 aliphatic carbocycles.